The molecule has 5 heteroatoms. The zero-order valence-corrected chi connectivity index (χ0v) is 11.2. The molecule has 2 rings (SSSR count). The van der Waals surface area contributed by atoms with E-state index in [-0.39, 0.29) is 16.7 Å². The molecule has 1 saturated carbocycles. The lowest BCUT2D eigenvalue weighted by molar-refractivity contribution is -0.385. The maximum absolute atomic E-state index is 10.8. The van der Waals surface area contributed by atoms with Crippen LogP contribution in [-0.2, 0) is 0 Å². The molecule has 0 heterocycles. The second-order valence-corrected chi connectivity index (χ2v) is 5.20. The molecule has 0 spiro atoms. The topological polar surface area (TPSA) is 78.4 Å². The van der Waals surface area contributed by atoms with E-state index in [1.54, 1.807) is 6.07 Å². The Morgan fingerprint density at radius 2 is 2.11 bits per heavy atom. The number of ether oxygens (including phenoxy) is 1. The molecule has 5 nitrogen and oxygen atoms in total. The van der Waals surface area contributed by atoms with Crippen molar-refractivity contribution in [2.24, 2.45) is 11.7 Å². The van der Waals surface area contributed by atoms with E-state index in [0.29, 0.717) is 18.2 Å². The molecule has 0 aromatic heterocycles. The lowest BCUT2D eigenvalue weighted by atomic mass is 9.86. The SMILES string of the molecule is Cc1cc(OC2CCCCC2CN)cc([N+](=O)[O-])c1. The van der Waals surface area contributed by atoms with Gasteiger partial charge in [0.05, 0.1) is 11.0 Å². The summed E-state index contributed by atoms with van der Waals surface area (Å²) in [6, 6.07) is 4.89. The average Bonchev–Trinajstić information content (AvgIpc) is 2.38. The Kier molecular flexibility index (Phi) is 4.37. The van der Waals surface area contributed by atoms with Gasteiger partial charge in [-0.1, -0.05) is 6.42 Å². The van der Waals surface area contributed by atoms with Gasteiger partial charge in [-0.05, 0) is 44.4 Å². The van der Waals surface area contributed by atoms with Gasteiger partial charge in [-0.25, -0.2) is 0 Å². The Labute approximate surface area is 112 Å². The molecule has 2 atom stereocenters. The minimum Gasteiger partial charge on any atom is -0.490 e. The third-order valence-corrected chi connectivity index (χ3v) is 3.68. The first-order chi connectivity index (χ1) is 9.10. The van der Waals surface area contributed by atoms with Gasteiger partial charge in [-0.3, -0.25) is 10.1 Å². The molecule has 1 aromatic carbocycles. The van der Waals surface area contributed by atoms with Crippen molar-refractivity contribution in [2.75, 3.05) is 6.54 Å². The zero-order valence-electron chi connectivity index (χ0n) is 11.2. The van der Waals surface area contributed by atoms with E-state index < -0.39 is 0 Å². The Morgan fingerprint density at radius 3 is 2.79 bits per heavy atom. The summed E-state index contributed by atoms with van der Waals surface area (Å²) in [5.74, 6) is 0.936. The van der Waals surface area contributed by atoms with Crippen molar-refractivity contribution in [2.45, 2.75) is 38.7 Å². The van der Waals surface area contributed by atoms with E-state index in [0.717, 1.165) is 24.8 Å². The van der Waals surface area contributed by atoms with Crippen molar-refractivity contribution in [3.63, 3.8) is 0 Å². The molecular weight excluding hydrogens is 244 g/mol. The van der Waals surface area contributed by atoms with Crippen molar-refractivity contribution >= 4 is 5.69 Å². The molecule has 2 unspecified atom stereocenters. The fraction of sp³-hybridized carbons (Fsp3) is 0.571. The summed E-state index contributed by atoms with van der Waals surface area (Å²) in [6.07, 6.45) is 4.46. The maximum atomic E-state index is 10.8. The number of hydrogen-bond donors (Lipinski definition) is 1. The molecule has 19 heavy (non-hydrogen) atoms. The number of nitrogens with zero attached hydrogens (tertiary/aromatic N) is 1. The summed E-state index contributed by atoms with van der Waals surface area (Å²) in [6.45, 7) is 2.44. The van der Waals surface area contributed by atoms with Crippen molar-refractivity contribution in [3.05, 3.63) is 33.9 Å². The van der Waals surface area contributed by atoms with E-state index >= 15 is 0 Å². The molecule has 0 amide bonds. The number of hydrogen-bond acceptors (Lipinski definition) is 4. The van der Waals surface area contributed by atoms with Crippen LogP contribution in [0.2, 0.25) is 0 Å². The van der Waals surface area contributed by atoms with Gasteiger partial charge in [-0.15, -0.1) is 0 Å². The first-order valence-corrected chi connectivity index (χ1v) is 6.73. The monoisotopic (exact) mass is 264 g/mol. The van der Waals surface area contributed by atoms with E-state index in [1.807, 2.05) is 13.0 Å². The van der Waals surface area contributed by atoms with Crippen molar-refractivity contribution in [3.8, 4) is 5.75 Å². The molecule has 1 fully saturated rings. The van der Waals surface area contributed by atoms with Gasteiger partial charge in [0.2, 0.25) is 0 Å². The van der Waals surface area contributed by atoms with Gasteiger partial charge in [-0.2, -0.15) is 0 Å². The number of aryl methyl sites for hydroxylation is 1. The number of non-ortho nitro benzene ring substituents is 1. The summed E-state index contributed by atoms with van der Waals surface area (Å²) in [7, 11) is 0. The van der Waals surface area contributed by atoms with Crippen LogP contribution in [0.1, 0.15) is 31.2 Å². The highest BCUT2D eigenvalue weighted by Gasteiger charge is 2.26. The van der Waals surface area contributed by atoms with Gasteiger partial charge in [0.15, 0.2) is 0 Å². The van der Waals surface area contributed by atoms with Crippen LogP contribution in [0.3, 0.4) is 0 Å². The summed E-state index contributed by atoms with van der Waals surface area (Å²) in [5, 5.41) is 10.8. The first kappa shape index (κ1) is 13.8. The minimum atomic E-state index is -0.388. The summed E-state index contributed by atoms with van der Waals surface area (Å²) < 4.78 is 5.95. The molecule has 0 aliphatic heterocycles. The van der Waals surface area contributed by atoms with Gasteiger partial charge in [0.25, 0.3) is 5.69 Å². The number of nitro groups is 1. The summed E-state index contributed by atoms with van der Waals surface area (Å²) >= 11 is 0. The molecular formula is C14H20N2O3. The highest BCUT2D eigenvalue weighted by molar-refractivity contribution is 5.42. The average molecular weight is 264 g/mol. The predicted molar refractivity (Wildman–Crippen MR) is 73.3 cm³/mol. The van der Waals surface area contributed by atoms with Crippen molar-refractivity contribution < 1.29 is 9.66 Å². The lowest BCUT2D eigenvalue weighted by Gasteiger charge is -2.31. The maximum Gasteiger partial charge on any atom is 0.273 e. The Balaban J connectivity index is 2.15. The Bertz CT molecular complexity index is 462. The number of nitrogens with two attached hydrogens (primary N) is 1. The van der Waals surface area contributed by atoms with Crippen LogP contribution >= 0.6 is 0 Å². The van der Waals surface area contributed by atoms with Crippen LogP contribution in [0.5, 0.6) is 5.75 Å². The quantitative estimate of drug-likeness (QED) is 0.670. The lowest BCUT2D eigenvalue weighted by Crippen LogP contribution is -2.35. The second-order valence-electron chi connectivity index (χ2n) is 5.20. The van der Waals surface area contributed by atoms with Crippen molar-refractivity contribution in [1.29, 1.82) is 0 Å². The number of rotatable bonds is 4. The van der Waals surface area contributed by atoms with Gasteiger partial charge in [0, 0.05) is 12.0 Å². The van der Waals surface area contributed by atoms with Crippen LogP contribution in [-0.4, -0.2) is 17.6 Å². The van der Waals surface area contributed by atoms with Crippen LogP contribution in [0.4, 0.5) is 5.69 Å². The molecule has 1 aliphatic rings. The van der Waals surface area contributed by atoms with Crippen LogP contribution < -0.4 is 10.5 Å². The highest BCUT2D eigenvalue weighted by atomic mass is 16.6. The molecule has 0 bridgehead atoms. The number of benzene rings is 1. The Hall–Kier alpha value is -1.62. The van der Waals surface area contributed by atoms with Crippen LogP contribution in [0.25, 0.3) is 0 Å². The smallest absolute Gasteiger partial charge is 0.273 e. The van der Waals surface area contributed by atoms with Gasteiger partial charge < -0.3 is 10.5 Å². The minimum absolute atomic E-state index is 0.0788. The summed E-state index contributed by atoms with van der Waals surface area (Å²) in [5.41, 5.74) is 6.68. The molecule has 1 aliphatic carbocycles. The van der Waals surface area contributed by atoms with E-state index in [1.165, 1.54) is 12.5 Å². The van der Waals surface area contributed by atoms with Crippen LogP contribution in [0, 0.1) is 23.0 Å². The third-order valence-electron chi connectivity index (χ3n) is 3.68. The van der Waals surface area contributed by atoms with Crippen molar-refractivity contribution in [1.82, 2.24) is 0 Å². The van der Waals surface area contributed by atoms with Gasteiger partial charge in [0.1, 0.15) is 11.9 Å². The highest BCUT2D eigenvalue weighted by Crippen LogP contribution is 2.30. The predicted octanol–water partition coefficient (Wildman–Crippen LogP) is 2.80. The molecule has 0 radical (unpaired) electrons. The third kappa shape index (κ3) is 3.44. The zero-order chi connectivity index (χ0) is 13.8. The standard InChI is InChI=1S/C14H20N2O3/c1-10-6-12(16(17)18)8-13(7-10)19-14-5-3-2-4-11(14)9-15/h6-8,11,14H,2-5,9,15H2,1H3. The molecule has 0 saturated heterocycles. The Morgan fingerprint density at radius 1 is 1.37 bits per heavy atom. The summed E-state index contributed by atoms with van der Waals surface area (Å²) in [4.78, 5) is 10.5. The fourth-order valence-electron chi connectivity index (χ4n) is 2.68. The fourth-order valence-corrected chi connectivity index (χ4v) is 2.68. The first-order valence-electron chi connectivity index (χ1n) is 6.73. The van der Waals surface area contributed by atoms with E-state index in [9.17, 15) is 10.1 Å². The second kappa shape index (κ2) is 6.02. The largest absolute Gasteiger partial charge is 0.490 e. The van der Waals surface area contributed by atoms with Crippen LogP contribution in [0.15, 0.2) is 18.2 Å². The molecule has 1 aromatic rings. The van der Waals surface area contributed by atoms with Gasteiger partial charge >= 0.3 is 0 Å². The van der Waals surface area contributed by atoms with E-state index in [2.05, 4.69) is 0 Å². The van der Waals surface area contributed by atoms with E-state index in [4.69, 9.17) is 10.5 Å². The normalized spacial score (nSPS) is 23.1. The molecule has 104 valence electrons. The molecule has 2 N–H and O–H groups in total. The number of nitro benzene ring substituents is 1.